The van der Waals surface area contributed by atoms with E-state index in [1.807, 2.05) is 25.1 Å². The number of rotatable bonds is 4. The molecular formula is C18H17ClN4O. The number of benzene rings is 2. The highest BCUT2D eigenvalue weighted by Gasteiger charge is 2.17. The molecule has 6 heteroatoms. The molecule has 0 aliphatic carbocycles. The Morgan fingerprint density at radius 3 is 2.67 bits per heavy atom. The molecule has 122 valence electrons. The van der Waals surface area contributed by atoms with Gasteiger partial charge in [0, 0.05) is 10.7 Å². The lowest BCUT2D eigenvalue weighted by molar-refractivity contribution is 0.102. The molecule has 3 aromatic rings. The second kappa shape index (κ2) is 6.84. The Hall–Kier alpha value is -2.66. The first-order valence-electron chi connectivity index (χ1n) is 7.67. The van der Waals surface area contributed by atoms with E-state index in [-0.39, 0.29) is 5.91 Å². The van der Waals surface area contributed by atoms with Crippen LogP contribution in [0.4, 0.5) is 5.69 Å². The van der Waals surface area contributed by atoms with Gasteiger partial charge in [0.15, 0.2) is 5.69 Å². The third-order valence-corrected chi connectivity index (χ3v) is 4.03. The lowest BCUT2D eigenvalue weighted by Crippen LogP contribution is -2.14. The van der Waals surface area contributed by atoms with Gasteiger partial charge >= 0.3 is 0 Å². The van der Waals surface area contributed by atoms with Gasteiger partial charge in [0.2, 0.25) is 0 Å². The summed E-state index contributed by atoms with van der Waals surface area (Å²) >= 11 is 5.85. The zero-order valence-electron chi connectivity index (χ0n) is 13.5. The van der Waals surface area contributed by atoms with E-state index in [4.69, 9.17) is 11.6 Å². The minimum Gasteiger partial charge on any atom is -0.321 e. The van der Waals surface area contributed by atoms with Gasteiger partial charge in [-0.2, -0.15) is 0 Å². The summed E-state index contributed by atoms with van der Waals surface area (Å²) in [6.45, 7) is 3.92. The highest BCUT2D eigenvalue weighted by atomic mass is 35.5. The van der Waals surface area contributed by atoms with Crippen molar-refractivity contribution in [3.63, 3.8) is 0 Å². The van der Waals surface area contributed by atoms with Crippen molar-refractivity contribution in [3.05, 3.63) is 70.5 Å². The number of carbonyl (C=O) groups is 1. The average Bonchev–Trinajstić information content (AvgIpc) is 2.98. The number of nitrogens with one attached hydrogen (secondary N) is 1. The Bertz CT molecular complexity index is 871. The summed E-state index contributed by atoms with van der Waals surface area (Å²) in [5.41, 5.74) is 3.74. The number of nitrogens with zero attached hydrogens (tertiary/aromatic N) is 3. The molecule has 1 amide bonds. The van der Waals surface area contributed by atoms with E-state index in [1.165, 1.54) is 5.56 Å². The smallest absolute Gasteiger partial charge is 0.278 e. The summed E-state index contributed by atoms with van der Waals surface area (Å²) in [6.07, 6.45) is 0.936. The van der Waals surface area contributed by atoms with Crippen LogP contribution in [0, 0.1) is 6.92 Å². The first kappa shape index (κ1) is 16.2. The minimum absolute atomic E-state index is 0.298. The molecule has 2 aromatic carbocycles. The molecule has 0 unspecified atom stereocenters. The van der Waals surface area contributed by atoms with Crippen molar-refractivity contribution in [1.82, 2.24) is 15.0 Å². The van der Waals surface area contributed by atoms with Gasteiger partial charge in [-0.05, 0) is 55.3 Å². The summed E-state index contributed by atoms with van der Waals surface area (Å²) in [5.74, 6) is -0.298. The van der Waals surface area contributed by atoms with Crippen LogP contribution in [0.15, 0.2) is 48.5 Å². The second-order valence-electron chi connectivity index (χ2n) is 5.42. The Labute approximate surface area is 145 Å². The number of carbonyl (C=O) groups excluding carboxylic acids is 1. The number of halogens is 1. The van der Waals surface area contributed by atoms with E-state index in [9.17, 15) is 4.79 Å². The van der Waals surface area contributed by atoms with Crippen LogP contribution >= 0.6 is 11.6 Å². The Morgan fingerprint density at radius 2 is 1.96 bits per heavy atom. The van der Waals surface area contributed by atoms with E-state index in [0.29, 0.717) is 22.1 Å². The van der Waals surface area contributed by atoms with Crippen LogP contribution in [0.3, 0.4) is 0 Å². The van der Waals surface area contributed by atoms with Crippen molar-refractivity contribution in [2.24, 2.45) is 0 Å². The van der Waals surface area contributed by atoms with Crippen molar-refractivity contribution in [3.8, 4) is 5.69 Å². The maximum atomic E-state index is 12.4. The fourth-order valence-corrected chi connectivity index (χ4v) is 2.54. The van der Waals surface area contributed by atoms with Crippen LogP contribution in [0.25, 0.3) is 5.69 Å². The highest BCUT2D eigenvalue weighted by molar-refractivity contribution is 6.30. The number of amides is 1. The molecule has 1 N–H and O–H groups in total. The van der Waals surface area contributed by atoms with Crippen LogP contribution in [-0.2, 0) is 6.42 Å². The topological polar surface area (TPSA) is 59.8 Å². The fraction of sp³-hybridized carbons (Fsp3) is 0.167. The van der Waals surface area contributed by atoms with Crippen molar-refractivity contribution in [1.29, 1.82) is 0 Å². The normalized spacial score (nSPS) is 10.6. The van der Waals surface area contributed by atoms with Crippen molar-refractivity contribution >= 4 is 23.2 Å². The average molecular weight is 341 g/mol. The molecule has 0 aliphatic heterocycles. The molecule has 0 fully saturated rings. The quantitative estimate of drug-likeness (QED) is 0.779. The summed E-state index contributed by atoms with van der Waals surface area (Å²) in [6, 6.07) is 14.9. The zero-order valence-corrected chi connectivity index (χ0v) is 14.2. The van der Waals surface area contributed by atoms with Gasteiger partial charge in [-0.25, -0.2) is 4.68 Å². The number of hydrogen-bond acceptors (Lipinski definition) is 3. The molecule has 3 rings (SSSR count). The summed E-state index contributed by atoms with van der Waals surface area (Å²) in [4.78, 5) is 12.4. The molecule has 0 radical (unpaired) electrons. The summed E-state index contributed by atoms with van der Waals surface area (Å²) < 4.78 is 1.68. The van der Waals surface area contributed by atoms with Gasteiger partial charge in [-0.3, -0.25) is 4.79 Å². The predicted octanol–water partition coefficient (Wildman–Crippen LogP) is 4.04. The predicted molar refractivity (Wildman–Crippen MR) is 94.9 cm³/mol. The van der Waals surface area contributed by atoms with Gasteiger partial charge < -0.3 is 5.32 Å². The van der Waals surface area contributed by atoms with E-state index in [0.717, 1.165) is 12.1 Å². The Balaban J connectivity index is 1.86. The van der Waals surface area contributed by atoms with E-state index < -0.39 is 0 Å². The molecule has 1 aromatic heterocycles. The molecule has 0 aliphatic rings. The van der Waals surface area contributed by atoms with Gasteiger partial charge in [-0.15, -0.1) is 5.10 Å². The largest absolute Gasteiger partial charge is 0.321 e. The van der Waals surface area contributed by atoms with E-state index in [1.54, 1.807) is 28.9 Å². The molecule has 0 bridgehead atoms. The summed E-state index contributed by atoms with van der Waals surface area (Å²) in [5, 5.41) is 11.6. The van der Waals surface area contributed by atoms with Crippen LogP contribution in [0.2, 0.25) is 5.02 Å². The SMILES string of the molecule is CCc1cccc(-n2nnc(C(=O)Nc3ccc(Cl)cc3)c2C)c1. The first-order chi connectivity index (χ1) is 11.6. The zero-order chi connectivity index (χ0) is 17.1. The molecular weight excluding hydrogens is 324 g/mol. The van der Waals surface area contributed by atoms with Gasteiger partial charge in [0.05, 0.1) is 11.4 Å². The van der Waals surface area contributed by atoms with Gasteiger partial charge in [0.25, 0.3) is 5.91 Å². The van der Waals surface area contributed by atoms with E-state index >= 15 is 0 Å². The molecule has 0 saturated carbocycles. The van der Waals surface area contributed by atoms with Crippen LogP contribution in [0.5, 0.6) is 0 Å². The third kappa shape index (κ3) is 3.31. The van der Waals surface area contributed by atoms with Crippen LogP contribution in [0.1, 0.15) is 28.7 Å². The fourth-order valence-electron chi connectivity index (χ4n) is 2.42. The molecule has 0 saturated heterocycles. The standard InChI is InChI=1S/C18H17ClN4O/c1-3-13-5-4-6-16(11-13)23-12(2)17(21-22-23)18(24)20-15-9-7-14(19)8-10-15/h4-11H,3H2,1-2H3,(H,20,24). The number of hydrogen-bond donors (Lipinski definition) is 1. The van der Waals surface area contributed by atoms with Gasteiger partial charge in [0.1, 0.15) is 0 Å². The second-order valence-corrected chi connectivity index (χ2v) is 5.86. The van der Waals surface area contributed by atoms with Crippen molar-refractivity contribution in [2.75, 3.05) is 5.32 Å². The molecule has 24 heavy (non-hydrogen) atoms. The summed E-state index contributed by atoms with van der Waals surface area (Å²) in [7, 11) is 0. The number of anilines is 1. The minimum atomic E-state index is -0.298. The lowest BCUT2D eigenvalue weighted by atomic mass is 10.1. The van der Waals surface area contributed by atoms with Crippen molar-refractivity contribution in [2.45, 2.75) is 20.3 Å². The molecule has 5 nitrogen and oxygen atoms in total. The maximum Gasteiger partial charge on any atom is 0.278 e. The van der Waals surface area contributed by atoms with Crippen LogP contribution < -0.4 is 5.32 Å². The number of aromatic nitrogens is 3. The Morgan fingerprint density at radius 1 is 1.21 bits per heavy atom. The van der Waals surface area contributed by atoms with Gasteiger partial charge in [-0.1, -0.05) is 35.9 Å². The van der Waals surface area contributed by atoms with E-state index in [2.05, 4.69) is 28.6 Å². The third-order valence-electron chi connectivity index (χ3n) is 3.78. The highest BCUT2D eigenvalue weighted by Crippen LogP contribution is 2.17. The number of aryl methyl sites for hydroxylation is 1. The monoisotopic (exact) mass is 340 g/mol. The first-order valence-corrected chi connectivity index (χ1v) is 8.05. The maximum absolute atomic E-state index is 12.4. The Kier molecular flexibility index (Phi) is 4.62. The van der Waals surface area contributed by atoms with Crippen molar-refractivity contribution < 1.29 is 4.79 Å². The van der Waals surface area contributed by atoms with Crippen LogP contribution in [-0.4, -0.2) is 20.9 Å². The molecule has 1 heterocycles. The lowest BCUT2D eigenvalue weighted by Gasteiger charge is -2.06. The molecule has 0 spiro atoms. The molecule has 0 atom stereocenters.